The summed E-state index contributed by atoms with van der Waals surface area (Å²) in [5.41, 5.74) is 3.81. The van der Waals surface area contributed by atoms with Crippen molar-refractivity contribution >= 4 is 5.95 Å². The van der Waals surface area contributed by atoms with Crippen LogP contribution in [-0.2, 0) is 0 Å². The zero-order valence-electron chi connectivity index (χ0n) is 10.7. The summed E-state index contributed by atoms with van der Waals surface area (Å²) in [4.78, 5) is 8.27. The van der Waals surface area contributed by atoms with Crippen molar-refractivity contribution in [2.45, 2.75) is 12.2 Å². The fraction of sp³-hybridized carbons (Fsp3) is 0.143. The topological polar surface area (TPSA) is 41.1 Å². The van der Waals surface area contributed by atoms with Crippen molar-refractivity contribution in [3.05, 3.63) is 54.9 Å². The molecule has 1 aromatic heterocycles. The molecule has 0 amide bonds. The van der Waals surface area contributed by atoms with E-state index in [9.17, 15) is 13.2 Å². The Hall–Kier alpha value is -2.41. The largest absolute Gasteiger partial charge is 0.409 e. The average Bonchev–Trinajstić information content (AvgIpc) is 2.98. The highest BCUT2D eigenvalue weighted by atomic mass is 19.4. The van der Waals surface area contributed by atoms with Crippen molar-refractivity contribution in [1.82, 2.24) is 15.4 Å². The van der Waals surface area contributed by atoms with E-state index in [0.717, 1.165) is 11.6 Å². The maximum atomic E-state index is 12.6. The van der Waals surface area contributed by atoms with Gasteiger partial charge in [-0.05, 0) is 12.1 Å². The molecule has 21 heavy (non-hydrogen) atoms. The van der Waals surface area contributed by atoms with Gasteiger partial charge < -0.3 is 0 Å². The van der Waals surface area contributed by atoms with Crippen LogP contribution in [0.5, 0.6) is 0 Å². The number of hydrogen-bond donors (Lipinski definition) is 1. The second-order valence-corrected chi connectivity index (χ2v) is 4.47. The third-order valence-corrected chi connectivity index (χ3v) is 2.99. The number of hydrogen-bond acceptors (Lipinski definition) is 4. The number of halogens is 3. The first-order valence-corrected chi connectivity index (χ1v) is 6.23. The molecule has 1 aliphatic rings. The van der Waals surface area contributed by atoms with Gasteiger partial charge in [-0.1, -0.05) is 30.3 Å². The lowest BCUT2D eigenvalue weighted by molar-refractivity contribution is -0.142. The number of anilines is 1. The van der Waals surface area contributed by atoms with Gasteiger partial charge in [0.15, 0.2) is 0 Å². The van der Waals surface area contributed by atoms with Gasteiger partial charge in [0.05, 0.1) is 5.69 Å². The number of hydrazine groups is 1. The van der Waals surface area contributed by atoms with Crippen LogP contribution in [0.1, 0.15) is 0 Å². The van der Waals surface area contributed by atoms with E-state index in [1.807, 2.05) is 30.3 Å². The number of benzene rings is 1. The first-order chi connectivity index (χ1) is 10.0. The van der Waals surface area contributed by atoms with Crippen molar-refractivity contribution in [3.8, 4) is 11.3 Å². The van der Waals surface area contributed by atoms with Gasteiger partial charge in [-0.2, -0.15) is 13.2 Å². The summed E-state index contributed by atoms with van der Waals surface area (Å²) in [7, 11) is 0. The van der Waals surface area contributed by atoms with Crippen molar-refractivity contribution in [3.63, 3.8) is 0 Å². The van der Waals surface area contributed by atoms with E-state index in [1.54, 1.807) is 6.07 Å². The summed E-state index contributed by atoms with van der Waals surface area (Å²) in [6.07, 6.45) is -0.524. The van der Waals surface area contributed by atoms with Crippen LogP contribution in [-0.4, -0.2) is 22.2 Å². The molecule has 1 N–H and O–H groups in total. The second kappa shape index (κ2) is 5.17. The quantitative estimate of drug-likeness (QED) is 0.924. The van der Waals surface area contributed by atoms with Gasteiger partial charge in [0.25, 0.3) is 0 Å². The first-order valence-electron chi connectivity index (χ1n) is 6.23. The molecular formula is C14H11F3N4. The SMILES string of the molecule is FC(F)(F)C1C=CN(c2nccc(-c3ccccc3)n2)N1. The Morgan fingerprint density at radius 1 is 1.10 bits per heavy atom. The molecule has 0 saturated carbocycles. The van der Waals surface area contributed by atoms with Crippen LogP contribution in [0.25, 0.3) is 11.3 Å². The van der Waals surface area contributed by atoms with Crippen LogP contribution in [0.4, 0.5) is 19.1 Å². The van der Waals surface area contributed by atoms with Gasteiger partial charge in [-0.3, -0.25) is 5.01 Å². The highest BCUT2D eigenvalue weighted by molar-refractivity contribution is 5.60. The van der Waals surface area contributed by atoms with Crippen molar-refractivity contribution in [2.75, 3.05) is 5.01 Å². The van der Waals surface area contributed by atoms with Gasteiger partial charge in [-0.25, -0.2) is 15.4 Å². The summed E-state index contributed by atoms with van der Waals surface area (Å²) in [6, 6.07) is 9.34. The van der Waals surface area contributed by atoms with E-state index in [1.165, 1.54) is 17.4 Å². The summed E-state index contributed by atoms with van der Waals surface area (Å²) in [6.45, 7) is 0. The molecule has 2 heterocycles. The van der Waals surface area contributed by atoms with Gasteiger partial charge in [0.1, 0.15) is 6.04 Å². The zero-order chi connectivity index (χ0) is 14.9. The maximum absolute atomic E-state index is 12.6. The Labute approximate surface area is 118 Å². The first kappa shape index (κ1) is 13.6. The maximum Gasteiger partial charge on any atom is 0.409 e. The fourth-order valence-corrected chi connectivity index (χ4v) is 1.95. The molecule has 1 atom stereocenters. The highest BCUT2D eigenvalue weighted by Crippen LogP contribution is 2.26. The Balaban J connectivity index is 1.84. The van der Waals surface area contributed by atoms with Gasteiger partial charge in [0, 0.05) is 18.0 Å². The lowest BCUT2D eigenvalue weighted by Gasteiger charge is -2.19. The van der Waals surface area contributed by atoms with E-state index in [4.69, 9.17) is 0 Å². The molecule has 108 valence electrons. The second-order valence-electron chi connectivity index (χ2n) is 4.47. The summed E-state index contributed by atoms with van der Waals surface area (Å²) < 4.78 is 37.8. The van der Waals surface area contributed by atoms with E-state index < -0.39 is 12.2 Å². The van der Waals surface area contributed by atoms with Crippen LogP contribution in [0.3, 0.4) is 0 Å². The van der Waals surface area contributed by atoms with Crippen molar-refractivity contribution < 1.29 is 13.2 Å². The van der Waals surface area contributed by atoms with Crippen molar-refractivity contribution in [2.24, 2.45) is 0 Å². The number of nitrogens with zero attached hydrogens (tertiary/aromatic N) is 3. The number of aromatic nitrogens is 2. The molecule has 0 spiro atoms. The monoisotopic (exact) mass is 292 g/mol. The molecule has 2 aromatic rings. The van der Waals surface area contributed by atoms with E-state index in [-0.39, 0.29) is 5.95 Å². The highest BCUT2D eigenvalue weighted by Gasteiger charge is 2.41. The Kier molecular flexibility index (Phi) is 3.34. The molecule has 3 rings (SSSR count). The van der Waals surface area contributed by atoms with Crippen LogP contribution in [0.15, 0.2) is 54.9 Å². The minimum Gasteiger partial charge on any atom is -0.250 e. The lowest BCUT2D eigenvalue weighted by Crippen LogP contribution is -2.44. The van der Waals surface area contributed by atoms with E-state index in [2.05, 4.69) is 15.4 Å². The van der Waals surface area contributed by atoms with E-state index in [0.29, 0.717) is 5.69 Å². The molecule has 4 nitrogen and oxygen atoms in total. The Morgan fingerprint density at radius 3 is 2.52 bits per heavy atom. The number of nitrogens with one attached hydrogen (secondary N) is 1. The molecule has 1 unspecified atom stereocenters. The lowest BCUT2D eigenvalue weighted by atomic mass is 10.1. The number of alkyl halides is 3. The third kappa shape index (κ3) is 2.87. The predicted octanol–water partition coefficient (Wildman–Crippen LogP) is 2.91. The molecule has 7 heteroatoms. The average molecular weight is 292 g/mol. The molecule has 0 bridgehead atoms. The summed E-state index contributed by atoms with van der Waals surface area (Å²) in [5.74, 6) is 0.166. The molecule has 0 fully saturated rings. The van der Waals surface area contributed by atoms with Gasteiger partial charge >= 0.3 is 6.18 Å². The fourth-order valence-electron chi connectivity index (χ4n) is 1.95. The normalized spacial score (nSPS) is 18.2. The minimum atomic E-state index is -4.34. The molecule has 1 aliphatic heterocycles. The minimum absolute atomic E-state index is 0.166. The van der Waals surface area contributed by atoms with Crippen LogP contribution >= 0.6 is 0 Å². The Bertz CT molecular complexity index is 655. The molecule has 0 saturated heterocycles. The smallest absolute Gasteiger partial charge is 0.250 e. The Morgan fingerprint density at radius 2 is 1.86 bits per heavy atom. The number of rotatable bonds is 2. The molecular weight excluding hydrogens is 281 g/mol. The summed E-state index contributed by atoms with van der Waals surface area (Å²) >= 11 is 0. The molecule has 0 radical (unpaired) electrons. The van der Waals surface area contributed by atoms with Crippen LogP contribution in [0, 0.1) is 0 Å². The van der Waals surface area contributed by atoms with Gasteiger partial charge in [0.2, 0.25) is 5.95 Å². The molecule has 0 aliphatic carbocycles. The van der Waals surface area contributed by atoms with Crippen molar-refractivity contribution in [1.29, 1.82) is 0 Å². The van der Waals surface area contributed by atoms with Crippen LogP contribution < -0.4 is 10.4 Å². The summed E-state index contributed by atoms with van der Waals surface area (Å²) in [5, 5.41) is 1.17. The zero-order valence-corrected chi connectivity index (χ0v) is 10.7. The van der Waals surface area contributed by atoms with Crippen LogP contribution in [0.2, 0.25) is 0 Å². The van der Waals surface area contributed by atoms with Gasteiger partial charge in [-0.15, -0.1) is 0 Å². The standard InChI is InChI=1S/C14H11F3N4/c15-14(16,17)12-7-9-21(20-12)13-18-8-6-11(19-13)10-4-2-1-3-5-10/h1-9,12,20H. The third-order valence-electron chi connectivity index (χ3n) is 2.99. The van der Waals surface area contributed by atoms with E-state index >= 15 is 0 Å². The molecule has 1 aromatic carbocycles. The predicted molar refractivity (Wildman–Crippen MR) is 72.1 cm³/mol.